The van der Waals surface area contributed by atoms with Crippen LogP contribution in [-0.4, -0.2) is 31.0 Å². The first-order chi connectivity index (χ1) is 10.1. The molecular weight excluding hydrogens is 274 g/mol. The zero-order valence-corrected chi connectivity index (χ0v) is 12.4. The SMILES string of the molecule is COc1ccc([C@H](C[N+](=O)[O-])O[C@@H]2CCC[C@H](C)O2)cc1. The van der Waals surface area contributed by atoms with E-state index in [2.05, 4.69) is 0 Å². The molecule has 0 aliphatic carbocycles. The Balaban J connectivity index is 2.07. The fourth-order valence-corrected chi connectivity index (χ4v) is 2.43. The lowest BCUT2D eigenvalue weighted by atomic mass is 10.1. The lowest BCUT2D eigenvalue weighted by Gasteiger charge is -2.30. The van der Waals surface area contributed by atoms with Gasteiger partial charge in [0.1, 0.15) is 11.9 Å². The first kappa shape index (κ1) is 15.7. The van der Waals surface area contributed by atoms with Crippen molar-refractivity contribution in [2.24, 2.45) is 0 Å². The lowest BCUT2D eigenvalue weighted by molar-refractivity contribution is -0.496. The molecule has 6 nitrogen and oxygen atoms in total. The van der Waals surface area contributed by atoms with Gasteiger partial charge in [-0.15, -0.1) is 0 Å². The van der Waals surface area contributed by atoms with Gasteiger partial charge in [0.05, 0.1) is 13.2 Å². The minimum absolute atomic E-state index is 0.135. The van der Waals surface area contributed by atoms with E-state index in [0.717, 1.165) is 24.8 Å². The minimum atomic E-state index is -0.610. The molecule has 21 heavy (non-hydrogen) atoms. The Kier molecular flexibility index (Phi) is 5.52. The van der Waals surface area contributed by atoms with E-state index in [0.29, 0.717) is 5.75 Å². The van der Waals surface area contributed by atoms with Gasteiger partial charge in [0, 0.05) is 4.92 Å². The van der Waals surface area contributed by atoms with Crippen LogP contribution in [0.3, 0.4) is 0 Å². The number of methoxy groups -OCH3 is 1. The molecule has 1 aliphatic heterocycles. The number of nitrogens with zero attached hydrogens (tertiary/aromatic N) is 1. The molecule has 0 aromatic heterocycles. The topological polar surface area (TPSA) is 70.8 Å². The average Bonchev–Trinajstić information content (AvgIpc) is 2.46. The molecule has 0 saturated carbocycles. The predicted molar refractivity (Wildman–Crippen MR) is 76.9 cm³/mol. The molecule has 116 valence electrons. The molecule has 0 radical (unpaired) electrons. The van der Waals surface area contributed by atoms with E-state index in [4.69, 9.17) is 14.2 Å². The van der Waals surface area contributed by atoms with Gasteiger partial charge in [-0.1, -0.05) is 12.1 Å². The summed E-state index contributed by atoms with van der Waals surface area (Å²) in [5.41, 5.74) is 0.759. The highest BCUT2D eigenvalue weighted by Gasteiger charge is 2.27. The van der Waals surface area contributed by atoms with E-state index in [1.807, 2.05) is 6.92 Å². The monoisotopic (exact) mass is 295 g/mol. The number of hydrogen-bond acceptors (Lipinski definition) is 5. The molecule has 0 N–H and O–H groups in total. The van der Waals surface area contributed by atoms with Crippen LogP contribution in [0.15, 0.2) is 24.3 Å². The molecule has 1 heterocycles. The number of hydrogen-bond donors (Lipinski definition) is 0. The molecular formula is C15H21NO5. The van der Waals surface area contributed by atoms with Gasteiger partial charge in [0.15, 0.2) is 6.29 Å². The maximum atomic E-state index is 10.9. The molecule has 6 heteroatoms. The third kappa shape index (κ3) is 4.68. The van der Waals surface area contributed by atoms with Gasteiger partial charge < -0.3 is 14.2 Å². The Morgan fingerprint density at radius 1 is 1.38 bits per heavy atom. The summed E-state index contributed by atoms with van der Waals surface area (Å²) in [5, 5.41) is 10.9. The van der Waals surface area contributed by atoms with Gasteiger partial charge in [-0.2, -0.15) is 0 Å². The van der Waals surface area contributed by atoms with Crippen molar-refractivity contribution in [1.82, 2.24) is 0 Å². The highest BCUT2D eigenvalue weighted by Crippen LogP contribution is 2.27. The van der Waals surface area contributed by atoms with Crippen molar-refractivity contribution in [3.05, 3.63) is 39.9 Å². The molecule has 2 rings (SSSR count). The molecule has 0 unspecified atom stereocenters. The smallest absolute Gasteiger partial charge is 0.233 e. The fraction of sp³-hybridized carbons (Fsp3) is 0.600. The molecule has 0 bridgehead atoms. The van der Waals surface area contributed by atoms with Gasteiger partial charge in [-0.3, -0.25) is 10.1 Å². The molecule has 1 aliphatic rings. The zero-order valence-electron chi connectivity index (χ0n) is 12.4. The summed E-state index contributed by atoms with van der Waals surface area (Å²) in [7, 11) is 1.58. The normalized spacial score (nSPS) is 23.5. The Morgan fingerprint density at radius 3 is 2.67 bits per heavy atom. The van der Waals surface area contributed by atoms with Crippen LogP contribution in [0.1, 0.15) is 37.9 Å². The molecule has 1 aromatic rings. The molecule has 0 spiro atoms. The van der Waals surface area contributed by atoms with Crippen molar-refractivity contribution in [2.45, 2.75) is 44.7 Å². The number of nitro groups is 1. The maximum absolute atomic E-state index is 10.9. The van der Waals surface area contributed by atoms with Crippen LogP contribution in [0.4, 0.5) is 0 Å². The summed E-state index contributed by atoms with van der Waals surface area (Å²) in [5.74, 6) is 0.709. The molecule has 1 aromatic carbocycles. The van der Waals surface area contributed by atoms with Crippen LogP contribution in [-0.2, 0) is 9.47 Å². The second-order valence-corrected chi connectivity index (χ2v) is 5.22. The van der Waals surface area contributed by atoms with Crippen LogP contribution >= 0.6 is 0 Å². The summed E-state index contributed by atoms with van der Waals surface area (Å²) in [4.78, 5) is 10.5. The summed E-state index contributed by atoms with van der Waals surface area (Å²) in [6, 6.07) is 7.13. The molecule has 3 atom stereocenters. The van der Waals surface area contributed by atoms with Crippen molar-refractivity contribution in [2.75, 3.05) is 13.7 Å². The van der Waals surface area contributed by atoms with Crippen LogP contribution in [0.5, 0.6) is 5.75 Å². The Labute approximate surface area is 124 Å². The van der Waals surface area contributed by atoms with Crippen molar-refractivity contribution >= 4 is 0 Å². The summed E-state index contributed by atoms with van der Waals surface area (Å²) in [6.07, 6.45) is 1.94. The number of ether oxygens (including phenoxy) is 3. The number of rotatable bonds is 6. The van der Waals surface area contributed by atoms with Gasteiger partial charge in [0.2, 0.25) is 6.54 Å². The lowest BCUT2D eigenvalue weighted by Crippen LogP contribution is -2.31. The van der Waals surface area contributed by atoms with Crippen LogP contribution in [0.2, 0.25) is 0 Å². The minimum Gasteiger partial charge on any atom is -0.497 e. The third-order valence-corrected chi connectivity index (χ3v) is 3.55. The Morgan fingerprint density at radius 2 is 2.10 bits per heavy atom. The van der Waals surface area contributed by atoms with Gasteiger partial charge in [-0.25, -0.2) is 0 Å². The predicted octanol–water partition coefficient (Wildman–Crippen LogP) is 2.94. The van der Waals surface area contributed by atoms with Crippen molar-refractivity contribution < 1.29 is 19.1 Å². The van der Waals surface area contributed by atoms with E-state index in [9.17, 15) is 10.1 Å². The summed E-state index contributed by atoms with van der Waals surface area (Å²) >= 11 is 0. The van der Waals surface area contributed by atoms with Crippen molar-refractivity contribution in [3.63, 3.8) is 0 Å². The second kappa shape index (κ2) is 7.38. The first-order valence-electron chi connectivity index (χ1n) is 7.15. The van der Waals surface area contributed by atoms with E-state index in [1.165, 1.54) is 0 Å². The zero-order chi connectivity index (χ0) is 15.2. The Bertz CT molecular complexity index is 462. The van der Waals surface area contributed by atoms with Gasteiger partial charge in [0.25, 0.3) is 0 Å². The molecule has 1 fully saturated rings. The third-order valence-electron chi connectivity index (χ3n) is 3.55. The summed E-state index contributed by atoms with van der Waals surface area (Å²) < 4.78 is 16.6. The van der Waals surface area contributed by atoms with Gasteiger partial charge in [-0.05, 0) is 43.9 Å². The molecule has 1 saturated heterocycles. The van der Waals surface area contributed by atoms with Gasteiger partial charge >= 0.3 is 0 Å². The van der Waals surface area contributed by atoms with E-state index < -0.39 is 6.10 Å². The Hall–Kier alpha value is -1.66. The maximum Gasteiger partial charge on any atom is 0.233 e. The molecule has 0 amide bonds. The van der Waals surface area contributed by atoms with Crippen molar-refractivity contribution in [1.29, 1.82) is 0 Å². The van der Waals surface area contributed by atoms with Crippen molar-refractivity contribution in [3.8, 4) is 5.75 Å². The first-order valence-corrected chi connectivity index (χ1v) is 7.15. The fourth-order valence-electron chi connectivity index (χ4n) is 2.43. The average molecular weight is 295 g/mol. The largest absolute Gasteiger partial charge is 0.497 e. The standard InChI is InChI=1S/C15H21NO5/c1-11-4-3-5-15(20-11)21-14(10-16(17)18)12-6-8-13(19-2)9-7-12/h6-9,11,14-15H,3-5,10H2,1-2H3/t11-,14-,15+/m0/s1. The van der Waals surface area contributed by atoms with Crippen LogP contribution in [0.25, 0.3) is 0 Å². The van der Waals surface area contributed by atoms with E-state index in [-0.39, 0.29) is 23.9 Å². The summed E-state index contributed by atoms with van der Waals surface area (Å²) in [6.45, 7) is 1.71. The number of benzene rings is 1. The quantitative estimate of drug-likeness (QED) is 0.596. The van der Waals surface area contributed by atoms with E-state index >= 15 is 0 Å². The second-order valence-electron chi connectivity index (χ2n) is 5.22. The highest BCUT2D eigenvalue weighted by atomic mass is 16.7. The van der Waals surface area contributed by atoms with Crippen LogP contribution < -0.4 is 4.74 Å². The highest BCUT2D eigenvalue weighted by molar-refractivity contribution is 5.28. The van der Waals surface area contributed by atoms with E-state index in [1.54, 1.807) is 31.4 Å². The van der Waals surface area contributed by atoms with Crippen LogP contribution in [0, 0.1) is 10.1 Å².